The molecule has 0 radical (unpaired) electrons. The van der Waals surface area contributed by atoms with Gasteiger partial charge in [0.2, 0.25) is 11.3 Å². The highest BCUT2D eigenvalue weighted by Gasteiger charge is 2.52. The van der Waals surface area contributed by atoms with Crippen LogP contribution in [0.2, 0.25) is 10.0 Å². The smallest absolute Gasteiger partial charge is 0.341 e. The van der Waals surface area contributed by atoms with Crippen molar-refractivity contribution in [3.05, 3.63) is 74.6 Å². The summed E-state index contributed by atoms with van der Waals surface area (Å²) in [7, 11) is 7.95. The summed E-state index contributed by atoms with van der Waals surface area (Å²) in [5.41, 5.74) is 1.04. The lowest BCUT2D eigenvalue weighted by Gasteiger charge is -2.43. The van der Waals surface area contributed by atoms with Gasteiger partial charge in [-0.2, -0.15) is 4.98 Å². The molecule has 3 aromatic heterocycles. The molecule has 3 fully saturated rings. The number of likely N-dealkylation sites (N-methyl/N-ethyl adjacent to an activating group) is 1. The van der Waals surface area contributed by atoms with Gasteiger partial charge < -0.3 is 34.0 Å². The molecule has 1 aromatic carbocycles. The standard InChI is InChI=1S/C33H35Cl2N7O4/c1-38(2)21-14-40(15-21)29-7-5-19(13-36-29)41-16-23(33(44)45)31(43)22-11-25(35)28(12-27(22)41)42-20(9-18-10-26(18)42)17-46-32-24(34)6-8-30(37-32)39(3)4/h5-8,11-13,16,18,20-21,26H,9-10,14-15,17H2,1-4H3,(H,44,45)/t18?,20-,26?/m1/s1. The first-order valence-electron chi connectivity index (χ1n) is 15.2. The second kappa shape index (κ2) is 11.6. The number of benzene rings is 1. The van der Waals surface area contributed by atoms with Crippen LogP contribution in [0.25, 0.3) is 16.6 Å². The molecular formula is C33H35Cl2N7O4. The molecule has 0 bridgehead atoms. The molecule has 13 heteroatoms. The molecule has 1 saturated carbocycles. The minimum Gasteiger partial charge on any atom is -0.477 e. The number of carboxylic acid groups (broad SMARTS) is 1. The molecule has 0 amide bonds. The quantitative estimate of drug-likeness (QED) is 0.272. The largest absolute Gasteiger partial charge is 0.477 e. The maximum Gasteiger partial charge on any atom is 0.341 e. The number of nitrogens with zero attached hydrogens (tertiary/aromatic N) is 7. The third-order valence-electron chi connectivity index (χ3n) is 9.39. The summed E-state index contributed by atoms with van der Waals surface area (Å²) in [6, 6.07) is 11.7. The fourth-order valence-corrected chi connectivity index (χ4v) is 7.02. The summed E-state index contributed by atoms with van der Waals surface area (Å²) in [4.78, 5) is 43.3. The van der Waals surface area contributed by atoms with Gasteiger partial charge in [-0.15, -0.1) is 0 Å². The molecular weight excluding hydrogens is 629 g/mol. The Balaban J connectivity index is 1.24. The Morgan fingerprint density at radius 3 is 2.52 bits per heavy atom. The van der Waals surface area contributed by atoms with E-state index >= 15 is 0 Å². The number of aromatic nitrogens is 3. The van der Waals surface area contributed by atoms with Gasteiger partial charge >= 0.3 is 5.97 Å². The number of halogens is 2. The van der Waals surface area contributed by atoms with Crippen molar-refractivity contribution in [1.82, 2.24) is 19.4 Å². The maximum atomic E-state index is 13.4. The number of aromatic carboxylic acids is 1. The van der Waals surface area contributed by atoms with Gasteiger partial charge in [0, 0.05) is 50.9 Å². The first kappa shape index (κ1) is 30.6. The topological polar surface area (TPSA) is 107 Å². The van der Waals surface area contributed by atoms with E-state index in [2.05, 4.69) is 38.8 Å². The second-order valence-electron chi connectivity index (χ2n) is 12.8. The van der Waals surface area contributed by atoms with E-state index in [0.717, 1.165) is 43.3 Å². The Bertz CT molecular complexity index is 1890. The normalized spacial score (nSPS) is 20.6. The molecule has 3 aliphatic rings. The number of fused-ring (bicyclic) bond motifs is 2. The van der Waals surface area contributed by atoms with Gasteiger partial charge in [0.05, 0.1) is 34.2 Å². The number of piperidine rings is 1. The Morgan fingerprint density at radius 2 is 1.85 bits per heavy atom. The van der Waals surface area contributed by atoms with Crippen molar-refractivity contribution in [2.24, 2.45) is 5.92 Å². The molecule has 11 nitrogen and oxygen atoms in total. The fourth-order valence-electron chi connectivity index (χ4n) is 6.60. The van der Waals surface area contributed by atoms with Crippen LogP contribution >= 0.6 is 23.2 Å². The van der Waals surface area contributed by atoms with Crippen LogP contribution in [0.5, 0.6) is 5.88 Å². The van der Waals surface area contributed by atoms with Crippen LogP contribution in [0, 0.1) is 5.92 Å². The maximum absolute atomic E-state index is 13.4. The molecule has 240 valence electrons. The van der Waals surface area contributed by atoms with E-state index < -0.39 is 11.4 Å². The molecule has 2 aliphatic heterocycles. The van der Waals surface area contributed by atoms with E-state index in [9.17, 15) is 14.7 Å². The molecule has 7 rings (SSSR count). The average molecular weight is 665 g/mol. The van der Waals surface area contributed by atoms with Crippen LogP contribution in [0.15, 0.2) is 53.6 Å². The molecule has 46 heavy (non-hydrogen) atoms. The van der Waals surface area contributed by atoms with Crippen molar-refractivity contribution in [2.45, 2.75) is 31.0 Å². The highest BCUT2D eigenvalue weighted by Crippen LogP contribution is 2.51. The van der Waals surface area contributed by atoms with Gasteiger partial charge in [0.15, 0.2) is 0 Å². The predicted octanol–water partition coefficient (Wildman–Crippen LogP) is 4.65. The van der Waals surface area contributed by atoms with Crippen molar-refractivity contribution in [3.63, 3.8) is 0 Å². The lowest BCUT2D eigenvalue weighted by Crippen LogP contribution is -2.57. The van der Waals surface area contributed by atoms with Crippen LogP contribution in [0.1, 0.15) is 23.2 Å². The number of anilines is 3. The zero-order chi connectivity index (χ0) is 32.4. The van der Waals surface area contributed by atoms with E-state index in [0.29, 0.717) is 51.7 Å². The van der Waals surface area contributed by atoms with Crippen molar-refractivity contribution >= 4 is 57.4 Å². The number of ether oxygens (including phenoxy) is 1. The number of carbonyl (C=O) groups is 1. The van der Waals surface area contributed by atoms with Gasteiger partial charge in [-0.1, -0.05) is 23.2 Å². The van der Waals surface area contributed by atoms with Crippen LogP contribution in [-0.2, 0) is 0 Å². The summed E-state index contributed by atoms with van der Waals surface area (Å²) >= 11 is 13.3. The molecule has 2 saturated heterocycles. The minimum atomic E-state index is -1.30. The van der Waals surface area contributed by atoms with Gasteiger partial charge in [-0.3, -0.25) is 4.79 Å². The van der Waals surface area contributed by atoms with Crippen molar-refractivity contribution in [1.29, 1.82) is 0 Å². The number of hydrogen-bond donors (Lipinski definition) is 1. The van der Waals surface area contributed by atoms with Crippen LogP contribution in [0.3, 0.4) is 0 Å². The molecule has 2 unspecified atom stereocenters. The zero-order valence-electron chi connectivity index (χ0n) is 26.0. The third-order valence-corrected chi connectivity index (χ3v) is 9.98. The van der Waals surface area contributed by atoms with Crippen molar-refractivity contribution in [2.75, 3.05) is 62.6 Å². The highest BCUT2D eigenvalue weighted by atomic mass is 35.5. The van der Waals surface area contributed by atoms with E-state index in [-0.39, 0.29) is 17.0 Å². The second-order valence-corrected chi connectivity index (χ2v) is 13.6. The number of carboxylic acids is 1. The predicted molar refractivity (Wildman–Crippen MR) is 181 cm³/mol. The minimum absolute atomic E-state index is 0.00140. The zero-order valence-corrected chi connectivity index (χ0v) is 27.5. The van der Waals surface area contributed by atoms with Crippen LogP contribution in [0.4, 0.5) is 17.3 Å². The molecule has 5 heterocycles. The fraction of sp³-hybridized carbons (Fsp3) is 0.394. The Morgan fingerprint density at radius 1 is 1.07 bits per heavy atom. The number of pyridine rings is 3. The van der Waals surface area contributed by atoms with Crippen molar-refractivity contribution in [3.8, 4) is 11.6 Å². The first-order valence-corrected chi connectivity index (χ1v) is 16.0. The van der Waals surface area contributed by atoms with Gasteiger partial charge in [-0.05, 0) is 69.3 Å². The number of rotatable bonds is 9. The molecule has 0 spiro atoms. The molecule has 4 aromatic rings. The molecule has 1 aliphatic carbocycles. The van der Waals surface area contributed by atoms with E-state index in [1.54, 1.807) is 22.9 Å². The Labute approximate surface area is 276 Å². The van der Waals surface area contributed by atoms with Crippen LogP contribution in [-0.4, -0.2) is 96.5 Å². The van der Waals surface area contributed by atoms with Gasteiger partial charge in [0.25, 0.3) is 0 Å². The van der Waals surface area contributed by atoms with Gasteiger partial charge in [-0.25, -0.2) is 9.78 Å². The summed E-state index contributed by atoms with van der Waals surface area (Å²) < 4.78 is 7.91. The SMILES string of the molecule is CN(C)c1ccc(Cl)c(OC[C@H]2CC3CC3N2c2cc3c(cc2Cl)c(=O)c(C(=O)O)cn3-c2ccc(N3CC(N(C)C)C3)nc2)n1. The Hall–Kier alpha value is -4.06. The van der Waals surface area contributed by atoms with Crippen LogP contribution < -0.4 is 24.9 Å². The lowest BCUT2D eigenvalue weighted by molar-refractivity contribution is 0.0695. The third kappa shape index (κ3) is 5.40. The Kier molecular flexibility index (Phi) is 7.73. The lowest BCUT2D eigenvalue weighted by atomic mass is 10.1. The van der Waals surface area contributed by atoms with E-state index in [1.807, 2.05) is 43.3 Å². The van der Waals surface area contributed by atoms with E-state index in [4.69, 9.17) is 27.9 Å². The van der Waals surface area contributed by atoms with Gasteiger partial charge in [0.1, 0.15) is 28.8 Å². The molecule has 1 N–H and O–H groups in total. The summed E-state index contributed by atoms with van der Waals surface area (Å²) in [5, 5.41) is 10.9. The summed E-state index contributed by atoms with van der Waals surface area (Å²) in [5.74, 6) is 1.17. The van der Waals surface area contributed by atoms with E-state index in [1.165, 1.54) is 6.20 Å². The first-order chi connectivity index (χ1) is 22.0. The summed E-state index contributed by atoms with van der Waals surface area (Å²) in [6.07, 6.45) is 5.06. The summed E-state index contributed by atoms with van der Waals surface area (Å²) in [6.45, 7) is 2.13. The van der Waals surface area contributed by atoms with Crippen molar-refractivity contribution < 1.29 is 14.6 Å². The average Bonchev–Trinajstić information content (AvgIpc) is 3.66. The monoisotopic (exact) mass is 663 g/mol. The molecule has 3 atom stereocenters. The number of hydrogen-bond acceptors (Lipinski definition) is 9. The highest BCUT2D eigenvalue weighted by molar-refractivity contribution is 6.34.